The van der Waals surface area contributed by atoms with Gasteiger partial charge in [-0.25, -0.2) is 0 Å². The number of nitrogen functional groups attached to an aromatic ring is 1. The first kappa shape index (κ1) is 8.53. The maximum atomic E-state index is 12.1. The van der Waals surface area contributed by atoms with E-state index >= 15 is 0 Å². The van der Waals surface area contributed by atoms with Crippen LogP contribution in [0.15, 0.2) is 24.3 Å². The van der Waals surface area contributed by atoms with E-state index in [1.807, 2.05) is 12.1 Å². The monoisotopic (exact) mass is 178 g/mol. The molecule has 2 N–H and O–H groups in total. The number of benzene rings is 1. The molecule has 0 unspecified atom stereocenters. The van der Waals surface area contributed by atoms with Gasteiger partial charge in [0.05, 0.1) is 13.1 Å². The molecule has 0 bridgehead atoms. The van der Waals surface area contributed by atoms with Crippen molar-refractivity contribution in [2.24, 2.45) is 0 Å². The van der Waals surface area contributed by atoms with E-state index in [1.165, 1.54) is 0 Å². The van der Waals surface area contributed by atoms with Gasteiger partial charge < -0.3 is 15.6 Å². The Kier molecular flexibility index (Phi) is 1.98. The van der Waals surface area contributed by atoms with Gasteiger partial charge >= 0.3 is 0 Å². The molecular formula is C10H14N2O. The number of quaternary nitrogens is 1. The van der Waals surface area contributed by atoms with E-state index in [2.05, 4.69) is 0 Å². The van der Waals surface area contributed by atoms with Crippen LogP contribution in [0.25, 0.3) is 0 Å². The first-order chi connectivity index (χ1) is 6.21. The van der Waals surface area contributed by atoms with Crippen LogP contribution in [0, 0.1) is 5.21 Å². The zero-order valence-electron chi connectivity index (χ0n) is 7.57. The first-order valence-corrected chi connectivity index (χ1v) is 4.65. The number of anilines is 1. The molecule has 3 nitrogen and oxygen atoms in total. The van der Waals surface area contributed by atoms with Crippen molar-refractivity contribution >= 4 is 11.4 Å². The van der Waals surface area contributed by atoms with Gasteiger partial charge in [-0.3, -0.25) is 0 Å². The van der Waals surface area contributed by atoms with Gasteiger partial charge in [0, 0.05) is 30.7 Å². The molecule has 1 aromatic carbocycles. The van der Waals surface area contributed by atoms with Crippen molar-refractivity contribution in [2.45, 2.75) is 12.8 Å². The average Bonchev–Trinajstić information content (AvgIpc) is 2.54. The number of hydrogen-bond donors (Lipinski definition) is 1. The predicted molar refractivity (Wildman–Crippen MR) is 55.0 cm³/mol. The fourth-order valence-electron chi connectivity index (χ4n) is 1.85. The van der Waals surface area contributed by atoms with Crippen molar-refractivity contribution in [1.82, 2.24) is 4.65 Å². The molecule has 1 aliphatic heterocycles. The Morgan fingerprint density at radius 2 is 1.62 bits per heavy atom. The van der Waals surface area contributed by atoms with E-state index < -0.39 is 0 Å². The summed E-state index contributed by atoms with van der Waals surface area (Å²) in [4.78, 5) is 0. The van der Waals surface area contributed by atoms with Crippen molar-refractivity contribution in [1.29, 1.82) is 0 Å². The Balaban J connectivity index is 2.29. The van der Waals surface area contributed by atoms with Gasteiger partial charge in [-0.2, -0.15) is 0 Å². The standard InChI is InChI=1S/C10H14N2O/c11-9-3-5-10(6-4-9)12(13)7-1-2-8-12/h3-6H,1-2,7-8,11H2. The van der Waals surface area contributed by atoms with Gasteiger partial charge in [0.15, 0.2) is 0 Å². The third-order valence-corrected chi connectivity index (χ3v) is 2.65. The van der Waals surface area contributed by atoms with Crippen LogP contribution in [0.4, 0.5) is 11.4 Å². The van der Waals surface area contributed by atoms with Crippen molar-refractivity contribution in [3.05, 3.63) is 29.5 Å². The summed E-state index contributed by atoms with van der Waals surface area (Å²) in [5.74, 6) is 0. The minimum absolute atomic E-state index is 0.166. The first-order valence-electron chi connectivity index (χ1n) is 4.65. The quantitative estimate of drug-likeness (QED) is 0.405. The van der Waals surface area contributed by atoms with Gasteiger partial charge in [0.25, 0.3) is 0 Å². The Morgan fingerprint density at radius 1 is 1.08 bits per heavy atom. The van der Waals surface area contributed by atoms with Crippen LogP contribution in [0.2, 0.25) is 0 Å². The van der Waals surface area contributed by atoms with Crippen molar-refractivity contribution in [2.75, 3.05) is 18.8 Å². The van der Waals surface area contributed by atoms with Gasteiger partial charge in [0.2, 0.25) is 0 Å². The summed E-state index contributed by atoms with van der Waals surface area (Å²) in [6, 6.07) is 7.28. The average molecular weight is 178 g/mol. The molecule has 3 heteroatoms. The minimum Gasteiger partial charge on any atom is -0.627 e. The van der Waals surface area contributed by atoms with E-state index in [9.17, 15) is 5.21 Å². The molecule has 70 valence electrons. The van der Waals surface area contributed by atoms with Crippen LogP contribution < -0.4 is 10.4 Å². The number of rotatable bonds is 1. The molecule has 0 aliphatic carbocycles. The summed E-state index contributed by atoms with van der Waals surface area (Å²) < 4.78 is -0.166. The molecular weight excluding hydrogens is 164 g/mol. The van der Waals surface area contributed by atoms with Crippen LogP contribution in [0.1, 0.15) is 12.8 Å². The lowest BCUT2D eigenvalue weighted by Gasteiger charge is -2.37. The van der Waals surface area contributed by atoms with Crippen molar-refractivity contribution < 1.29 is 0 Å². The van der Waals surface area contributed by atoms with Gasteiger partial charge in [-0.05, 0) is 12.1 Å². The molecule has 1 fully saturated rings. The summed E-state index contributed by atoms with van der Waals surface area (Å²) in [7, 11) is 0. The highest BCUT2D eigenvalue weighted by molar-refractivity contribution is 5.51. The highest BCUT2D eigenvalue weighted by atomic mass is 16.5. The molecule has 13 heavy (non-hydrogen) atoms. The molecule has 0 saturated carbocycles. The number of nitrogens with zero attached hydrogens (tertiary/aromatic N) is 1. The topological polar surface area (TPSA) is 49.1 Å². The number of hydrogen-bond acceptors (Lipinski definition) is 2. The van der Waals surface area contributed by atoms with E-state index in [4.69, 9.17) is 5.73 Å². The lowest BCUT2D eigenvalue weighted by atomic mass is 10.2. The van der Waals surface area contributed by atoms with E-state index in [1.54, 1.807) is 12.1 Å². The third-order valence-electron chi connectivity index (χ3n) is 2.65. The summed E-state index contributed by atoms with van der Waals surface area (Å²) in [5.41, 5.74) is 7.12. The van der Waals surface area contributed by atoms with Crippen molar-refractivity contribution in [3.8, 4) is 0 Å². The largest absolute Gasteiger partial charge is 0.627 e. The minimum atomic E-state index is -0.166. The normalized spacial score (nSPS) is 20.4. The SMILES string of the molecule is Nc1ccc([N+]2([O-])CCCC2)cc1. The van der Waals surface area contributed by atoms with Crippen LogP contribution >= 0.6 is 0 Å². The Morgan fingerprint density at radius 3 is 2.15 bits per heavy atom. The molecule has 1 aliphatic rings. The lowest BCUT2D eigenvalue weighted by Crippen LogP contribution is -2.39. The van der Waals surface area contributed by atoms with Gasteiger partial charge in [-0.15, -0.1) is 0 Å². The highest BCUT2D eigenvalue weighted by Gasteiger charge is 2.24. The molecule has 2 rings (SSSR count). The number of hydroxylamine groups is 2. The second-order valence-electron chi connectivity index (χ2n) is 3.64. The van der Waals surface area contributed by atoms with Gasteiger partial charge in [-0.1, -0.05) is 0 Å². The lowest BCUT2D eigenvalue weighted by molar-refractivity contribution is 0.455. The van der Waals surface area contributed by atoms with Crippen molar-refractivity contribution in [3.63, 3.8) is 0 Å². The molecule has 1 saturated heterocycles. The zero-order chi connectivity index (χ0) is 9.31. The fourth-order valence-corrected chi connectivity index (χ4v) is 1.85. The predicted octanol–water partition coefficient (Wildman–Crippen LogP) is 1.87. The Hall–Kier alpha value is -1.06. The fraction of sp³-hybridized carbons (Fsp3) is 0.400. The van der Waals surface area contributed by atoms with Crippen LogP contribution in [0.5, 0.6) is 0 Å². The van der Waals surface area contributed by atoms with E-state index in [0.29, 0.717) is 13.1 Å². The molecule has 0 amide bonds. The molecule has 1 heterocycles. The summed E-state index contributed by atoms with van der Waals surface area (Å²) in [6.07, 6.45) is 2.07. The molecule has 0 atom stereocenters. The maximum Gasteiger partial charge on any atom is 0.132 e. The molecule has 0 radical (unpaired) electrons. The third kappa shape index (κ3) is 1.53. The van der Waals surface area contributed by atoms with E-state index in [-0.39, 0.29) is 4.65 Å². The second kappa shape index (κ2) is 3.01. The highest BCUT2D eigenvalue weighted by Crippen LogP contribution is 2.28. The van der Waals surface area contributed by atoms with Crippen LogP contribution in [-0.2, 0) is 0 Å². The van der Waals surface area contributed by atoms with Gasteiger partial charge in [0.1, 0.15) is 5.69 Å². The maximum absolute atomic E-state index is 12.1. The van der Waals surface area contributed by atoms with E-state index in [0.717, 1.165) is 24.2 Å². The smallest absolute Gasteiger partial charge is 0.132 e. The zero-order valence-corrected chi connectivity index (χ0v) is 7.57. The van der Waals surface area contributed by atoms with Crippen LogP contribution in [0.3, 0.4) is 0 Å². The summed E-state index contributed by atoms with van der Waals surface area (Å²) in [5, 5.41) is 12.1. The number of nitrogens with two attached hydrogens (primary N) is 1. The molecule has 1 aromatic rings. The Bertz CT molecular complexity index is 288. The molecule has 0 spiro atoms. The summed E-state index contributed by atoms with van der Waals surface area (Å²) >= 11 is 0. The second-order valence-corrected chi connectivity index (χ2v) is 3.64. The summed E-state index contributed by atoms with van der Waals surface area (Å²) in [6.45, 7) is 1.42. The Labute approximate surface area is 77.9 Å². The molecule has 0 aromatic heterocycles. The van der Waals surface area contributed by atoms with Crippen LogP contribution in [-0.4, -0.2) is 13.1 Å².